The highest BCUT2D eigenvalue weighted by atomic mass is 35.5. The molecule has 0 radical (unpaired) electrons. The van der Waals surface area contributed by atoms with E-state index >= 15 is 0 Å². The molecule has 7 nitrogen and oxygen atoms in total. The summed E-state index contributed by atoms with van der Waals surface area (Å²) in [7, 11) is 0. The lowest BCUT2D eigenvalue weighted by Gasteiger charge is -2.05. The normalized spacial score (nSPS) is 10.8. The van der Waals surface area contributed by atoms with Gasteiger partial charge in [-0.3, -0.25) is 9.59 Å². The Morgan fingerprint density at radius 3 is 2.52 bits per heavy atom. The molecule has 0 spiro atoms. The number of fused-ring (bicyclic) bond motifs is 1. The van der Waals surface area contributed by atoms with Crippen molar-refractivity contribution in [1.82, 2.24) is 15.0 Å². The van der Waals surface area contributed by atoms with E-state index in [2.05, 4.69) is 15.6 Å². The molecule has 29 heavy (non-hydrogen) atoms. The molecule has 0 saturated carbocycles. The summed E-state index contributed by atoms with van der Waals surface area (Å²) in [6, 6.07) is 17.7. The van der Waals surface area contributed by atoms with Gasteiger partial charge in [0.25, 0.3) is 11.5 Å². The second kappa shape index (κ2) is 8.20. The van der Waals surface area contributed by atoms with Crippen LogP contribution in [0.3, 0.4) is 0 Å². The van der Waals surface area contributed by atoms with E-state index in [0.29, 0.717) is 28.2 Å². The largest absolute Gasteiger partial charge is 0.321 e. The van der Waals surface area contributed by atoms with Gasteiger partial charge in [-0.2, -0.15) is 4.57 Å². The van der Waals surface area contributed by atoms with Gasteiger partial charge in [-0.05, 0) is 42.0 Å². The Bertz CT molecular complexity index is 1220. The van der Waals surface area contributed by atoms with Gasteiger partial charge in [-0.1, -0.05) is 28.9 Å². The van der Waals surface area contributed by atoms with Crippen LogP contribution in [0.15, 0.2) is 77.9 Å². The Morgan fingerprint density at radius 1 is 1.03 bits per heavy atom. The van der Waals surface area contributed by atoms with Crippen LogP contribution in [0.25, 0.3) is 10.9 Å². The van der Waals surface area contributed by atoms with Crippen LogP contribution in [0, 0.1) is 0 Å². The number of hydrogen-bond acceptors (Lipinski definition) is 4. The second-order valence-electron chi connectivity index (χ2n) is 6.50. The SMILES string of the molecule is O=C(C[n+]1ccc(Cn2nnc3ccccc3c2=O)cc1)Nc1ccc(Cl)cc1. The number of nitrogens with one attached hydrogen (secondary N) is 1. The van der Waals surface area contributed by atoms with Crippen LogP contribution in [0.5, 0.6) is 0 Å². The first-order chi connectivity index (χ1) is 14.1. The molecular weight excluding hydrogens is 390 g/mol. The number of halogens is 1. The van der Waals surface area contributed by atoms with Crippen molar-refractivity contribution in [3.63, 3.8) is 0 Å². The number of hydrogen-bond donors (Lipinski definition) is 1. The van der Waals surface area contributed by atoms with Crippen LogP contribution in [-0.4, -0.2) is 20.9 Å². The minimum atomic E-state index is -0.185. The first-order valence-corrected chi connectivity index (χ1v) is 9.32. The molecule has 0 aliphatic heterocycles. The van der Waals surface area contributed by atoms with Gasteiger partial charge in [0.2, 0.25) is 6.54 Å². The number of carbonyl (C=O) groups is 1. The Labute approximate surface area is 171 Å². The van der Waals surface area contributed by atoms with Crippen molar-refractivity contribution in [2.75, 3.05) is 5.32 Å². The first kappa shape index (κ1) is 18.8. The lowest BCUT2D eigenvalue weighted by atomic mass is 10.2. The Kier molecular flexibility index (Phi) is 5.31. The Balaban J connectivity index is 1.43. The quantitative estimate of drug-likeness (QED) is 0.516. The van der Waals surface area contributed by atoms with Gasteiger partial charge in [0.1, 0.15) is 5.52 Å². The molecule has 1 amide bonds. The Hall–Kier alpha value is -3.58. The van der Waals surface area contributed by atoms with Gasteiger partial charge in [0.05, 0.1) is 11.9 Å². The zero-order valence-corrected chi connectivity index (χ0v) is 16.1. The van der Waals surface area contributed by atoms with Crippen LogP contribution < -0.4 is 15.4 Å². The molecule has 2 aromatic carbocycles. The third kappa shape index (κ3) is 4.47. The maximum absolute atomic E-state index is 12.5. The fraction of sp³-hybridized carbons (Fsp3) is 0.0952. The number of benzene rings is 2. The van der Waals surface area contributed by atoms with Crippen molar-refractivity contribution in [3.05, 3.63) is 94.0 Å². The van der Waals surface area contributed by atoms with Gasteiger partial charge >= 0.3 is 0 Å². The second-order valence-corrected chi connectivity index (χ2v) is 6.94. The minimum absolute atomic E-state index is 0.151. The van der Waals surface area contributed by atoms with E-state index < -0.39 is 0 Å². The molecule has 0 aliphatic rings. The monoisotopic (exact) mass is 406 g/mol. The van der Waals surface area contributed by atoms with Gasteiger partial charge in [-0.25, -0.2) is 4.68 Å². The summed E-state index contributed by atoms with van der Waals surface area (Å²) in [5.41, 5.74) is 1.96. The van der Waals surface area contributed by atoms with Gasteiger partial charge in [0, 0.05) is 22.8 Å². The lowest BCUT2D eigenvalue weighted by molar-refractivity contribution is -0.684. The summed E-state index contributed by atoms with van der Waals surface area (Å²) in [6.45, 7) is 0.465. The van der Waals surface area contributed by atoms with Crippen molar-refractivity contribution in [2.45, 2.75) is 13.1 Å². The number of rotatable bonds is 5. The standard InChI is InChI=1S/C21H16ClN5O2/c22-16-5-7-17(8-6-16)23-20(28)14-26-11-9-15(10-12-26)13-27-21(29)18-3-1-2-4-19(18)24-25-27/h1-12H,13-14H2/p+1. The average Bonchev–Trinajstić information content (AvgIpc) is 2.73. The van der Waals surface area contributed by atoms with Crippen LogP contribution in [-0.2, 0) is 17.9 Å². The fourth-order valence-electron chi connectivity index (χ4n) is 2.90. The molecule has 0 unspecified atom stereocenters. The van der Waals surface area contributed by atoms with E-state index in [1.54, 1.807) is 59.4 Å². The summed E-state index contributed by atoms with van der Waals surface area (Å²) >= 11 is 5.84. The predicted molar refractivity (Wildman–Crippen MR) is 110 cm³/mol. The number of carbonyl (C=O) groups excluding carboxylic acids is 1. The molecular formula is C21H17ClN5O2+. The zero-order valence-electron chi connectivity index (χ0n) is 15.3. The molecule has 4 rings (SSSR count). The smallest absolute Gasteiger partial charge is 0.290 e. The van der Waals surface area contributed by atoms with Crippen molar-refractivity contribution in [2.24, 2.45) is 0 Å². The third-order valence-corrected chi connectivity index (χ3v) is 4.63. The molecule has 2 heterocycles. The first-order valence-electron chi connectivity index (χ1n) is 8.94. The number of anilines is 1. The van der Waals surface area contributed by atoms with Crippen molar-refractivity contribution in [3.8, 4) is 0 Å². The number of amides is 1. The van der Waals surface area contributed by atoms with E-state index in [1.807, 2.05) is 18.2 Å². The van der Waals surface area contributed by atoms with Gasteiger partial charge in [0.15, 0.2) is 12.4 Å². The topological polar surface area (TPSA) is 80.8 Å². The van der Waals surface area contributed by atoms with Crippen LogP contribution >= 0.6 is 11.6 Å². The summed E-state index contributed by atoms with van der Waals surface area (Å²) in [6.07, 6.45) is 3.58. The molecule has 0 fully saturated rings. The molecule has 1 N–H and O–H groups in total. The van der Waals surface area contributed by atoms with E-state index in [1.165, 1.54) is 4.68 Å². The van der Waals surface area contributed by atoms with E-state index in [9.17, 15) is 9.59 Å². The van der Waals surface area contributed by atoms with Crippen molar-refractivity contribution in [1.29, 1.82) is 0 Å². The Morgan fingerprint density at radius 2 is 1.76 bits per heavy atom. The highest BCUT2D eigenvalue weighted by molar-refractivity contribution is 6.30. The lowest BCUT2D eigenvalue weighted by Crippen LogP contribution is -2.39. The van der Waals surface area contributed by atoms with Crippen LogP contribution in [0.2, 0.25) is 5.02 Å². The highest BCUT2D eigenvalue weighted by Gasteiger charge is 2.11. The fourth-order valence-corrected chi connectivity index (χ4v) is 3.02. The van der Waals surface area contributed by atoms with Crippen molar-refractivity contribution < 1.29 is 9.36 Å². The van der Waals surface area contributed by atoms with Gasteiger partial charge in [-0.15, -0.1) is 5.10 Å². The van der Waals surface area contributed by atoms with E-state index in [4.69, 9.17) is 11.6 Å². The van der Waals surface area contributed by atoms with Crippen LogP contribution in [0.4, 0.5) is 5.69 Å². The summed E-state index contributed by atoms with van der Waals surface area (Å²) in [4.78, 5) is 24.7. The molecule has 144 valence electrons. The van der Waals surface area contributed by atoms with Crippen LogP contribution in [0.1, 0.15) is 5.56 Å². The molecule has 0 saturated heterocycles. The number of aromatic nitrogens is 4. The summed E-state index contributed by atoms with van der Waals surface area (Å²) < 4.78 is 3.08. The molecule has 0 bridgehead atoms. The van der Waals surface area contributed by atoms with E-state index in [0.717, 1.165) is 5.56 Å². The molecule has 0 aliphatic carbocycles. The molecule has 4 aromatic rings. The minimum Gasteiger partial charge on any atom is -0.321 e. The maximum atomic E-state index is 12.5. The van der Waals surface area contributed by atoms with Gasteiger partial charge < -0.3 is 5.32 Å². The zero-order chi connectivity index (χ0) is 20.2. The van der Waals surface area contributed by atoms with E-state index in [-0.39, 0.29) is 18.0 Å². The molecule has 8 heteroatoms. The number of nitrogens with zero attached hydrogens (tertiary/aromatic N) is 4. The summed E-state index contributed by atoms with van der Waals surface area (Å²) in [5.74, 6) is -0.151. The molecule has 2 aromatic heterocycles. The average molecular weight is 407 g/mol. The molecule has 0 atom stereocenters. The number of pyridine rings is 1. The predicted octanol–water partition coefficient (Wildman–Crippen LogP) is 2.42. The van der Waals surface area contributed by atoms with Crippen molar-refractivity contribution >= 4 is 34.1 Å². The maximum Gasteiger partial charge on any atom is 0.290 e. The third-order valence-electron chi connectivity index (χ3n) is 4.38. The summed E-state index contributed by atoms with van der Waals surface area (Å²) in [5, 5.41) is 12.0. The highest BCUT2D eigenvalue weighted by Crippen LogP contribution is 2.13.